The van der Waals surface area contributed by atoms with Crippen molar-refractivity contribution in [1.82, 2.24) is 0 Å². The first kappa shape index (κ1) is 13.1. The third-order valence-electron chi connectivity index (χ3n) is 2.65. The molecule has 2 N–H and O–H groups in total. The molecule has 4 nitrogen and oxygen atoms in total. The lowest BCUT2D eigenvalue weighted by atomic mass is 9.97. The minimum absolute atomic E-state index is 0.0370. The lowest BCUT2D eigenvalue weighted by Gasteiger charge is -2.08. The van der Waals surface area contributed by atoms with E-state index < -0.39 is 11.9 Å². The number of hydrogen-bond acceptors (Lipinski definition) is 2. The van der Waals surface area contributed by atoms with Crippen molar-refractivity contribution in [1.29, 1.82) is 0 Å². The fraction of sp³-hybridized carbons (Fsp3) is 0. The Morgan fingerprint density at radius 3 is 2.05 bits per heavy atom. The van der Waals surface area contributed by atoms with E-state index in [9.17, 15) is 9.59 Å². The van der Waals surface area contributed by atoms with Crippen LogP contribution in [0.5, 0.6) is 0 Å². The van der Waals surface area contributed by atoms with Gasteiger partial charge in [0.25, 0.3) is 0 Å². The molecule has 0 aliphatic rings. The highest BCUT2D eigenvalue weighted by Gasteiger charge is 2.14. The smallest absolute Gasteiger partial charge is 0.336 e. The zero-order valence-corrected chi connectivity index (χ0v) is 10.4. The van der Waals surface area contributed by atoms with E-state index in [-0.39, 0.29) is 11.1 Å². The Bertz CT molecular complexity index is 647. The van der Waals surface area contributed by atoms with Crippen molar-refractivity contribution in [2.75, 3.05) is 0 Å². The third kappa shape index (κ3) is 2.74. The van der Waals surface area contributed by atoms with Gasteiger partial charge in [0.1, 0.15) is 0 Å². The summed E-state index contributed by atoms with van der Waals surface area (Å²) < 4.78 is 0. The predicted molar refractivity (Wildman–Crippen MR) is 70.8 cm³/mol. The van der Waals surface area contributed by atoms with E-state index in [0.29, 0.717) is 16.1 Å². The molecule has 5 heteroatoms. The van der Waals surface area contributed by atoms with Crippen LogP contribution < -0.4 is 0 Å². The van der Waals surface area contributed by atoms with E-state index in [0.717, 1.165) is 0 Å². The first-order chi connectivity index (χ1) is 8.99. The van der Waals surface area contributed by atoms with E-state index >= 15 is 0 Å². The van der Waals surface area contributed by atoms with Crippen LogP contribution in [0.25, 0.3) is 11.1 Å². The minimum atomic E-state index is -1.11. The van der Waals surface area contributed by atoms with E-state index in [2.05, 4.69) is 0 Å². The lowest BCUT2D eigenvalue weighted by Crippen LogP contribution is -2.03. The molecule has 0 fully saturated rings. The summed E-state index contributed by atoms with van der Waals surface area (Å²) in [5, 5.41) is 18.6. The summed E-state index contributed by atoms with van der Waals surface area (Å²) in [4.78, 5) is 22.1. The second-order valence-corrected chi connectivity index (χ2v) is 4.31. The fourth-order valence-electron chi connectivity index (χ4n) is 1.73. The van der Waals surface area contributed by atoms with E-state index in [1.807, 2.05) is 0 Å². The van der Waals surface area contributed by atoms with Gasteiger partial charge in [-0.2, -0.15) is 0 Å². The Morgan fingerprint density at radius 1 is 0.895 bits per heavy atom. The molecule has 0 aliphatic heterocycles. The Hall–Kier alpha value is -2.33. The molecule has 0 bridgehead atoms. The molecular weight excluding hydrogens is 268 g/mol. The van der Waals surface area contributed by atoms with Crippen LogP contribution in [0, 0.1) is 0 Å². The average molecular weight is 277 g/mol. The quantitative estimate of drug-likeness (QED) is 0.901. The highest BCUT2D eigenvalue weighted by Crippen LogP contribution is 2.26. The number of carboxylic acids is 2. The molecule has 0 amide bonds. The fourth-order valence-corrected chi connectivity index (χ4v) is 1.86. The van der Waals surface area contributed by atoms with Crippen LogP contribution in [-0.2, 0) is 0 Å². The maximum atomic E-state index is 11.2. The molecule has 96 valence electrons. The van der Waals surface area contributed by atoms with Crippen LogP contribution in [0.15, 0.2) is 42.5 Å². The highest BCUT2D eigenvalue weighted by molar-refractivity contribution is 6.30. The van der Waals surface area contributed by atoms with Crippen molar-refractivity contribution in [3.63, 3.8) is 0 Å². The number of carbonyl (C=O) groups is 2. The molecule has 0 atom stereocenters. The molecule has 0 saturated heterocycles. The molecule has 2 aromatic carbocycles. The van der Waals surface area contributed by atoms with Gasteiger partial charge in [-0.05, 0) is 41.5 Å². The van der Waals surface area contributed by atoms with Crippen molar-refractivity contribution in [2.24, 2.45) is 0 Å². The van der Waals surface area contributed by atoms with Crippen LogP contribution in [0.2, 0.25) is 5.02 Å². The Kier molecular flexibility index (Phi) is 3.53. The molecule has 0 spiro atoms. The molecule has 0 aliphatic carbocycles. The van der Waals surface area contributed by atoms with Crippen molar-refractivity contribution in [2.45, 2.75) is 0 Å². The maximum Gasteiger partial charge on any atom is 0.336 e. The van der Waals surface area contributed by atoms with Gasteiger partial charge in [0.05, 0.1) is 11.1 Å². The van der Waals surface area contributed by atoms with Gasteiger partial charge in [-0.25, -0.2) is 9.59 Å². The normalized spacial score (nSPS) is 10.2. The summed E-state index contributed by atoms with van der Waals surface area (Å²) in [6.45, 7) is 0. The van der Waals surface area contributed by atoms with Crippen molar-refractivity contribution in [3.05, 3.63) is 58.6 Å². The summed E-state index contributed by atoms with van der Waals surface area (Å²) >= 11 is 5.77. The van der Waals surface area contributed by atoms with Gasteiger partial charge < -0.3 is 10.2 Å². The zero-order chi connectivity index (χ0) is 14.0. The summed E-state index contributed by atoms with van der Waals surface area (Å²) in [6.07, 6.45) is 0. The molecule has 0 saturated carbocycles. The first-order valence-corrected chi connectivity index (χ1v) is 5.73. The molecule has 19 heavy (non-hydrogen) atoms. The second kappa shape index (κ2) is 5.12. The maximum absolute atomic E-state index is 11.2. The molecule has 0 unspecified atom stereocenters. The second-order valence-electron chi connectivity index (χ2n) is 3.88. The van der Waals surface area contributed by atoms with Gasteiger partial charge in [-0.1, -0.05) is 23.7 Å². The summed E-state index contributed by atoms with van der Waals surface area (Å²) in [5.74, 6) is -2.21. The van der Waals surface area contributed by atoms with Gasteiger partial charge in [-0.15, -0.1) is 0 Å². The number of rotatable bonds is 3. The van der Waals surface area contributed by atoms with Crippen LogP contribution >= 0.6 is 11.6 Å². The topological polar surface area (TPSA) is 74.6 Å². The van der Waals surface area contributed by atoms with E-state index in [1.54, 1.807) is 24.3 Å². The van der Waals surface area contributed by atoms with Crippen molar-refractivity contribution >= 4 is 23.5 Å². The van der Waals surface area contributed by atoms with Crippen LogP contribution in [-0.4, -0.2) is 22.2 Å². The summed E-state index contributed by atoms with van der Waals surface area (Å²) in [6, 6.07) is 10.4. The Balaban J connectivity index is 2.64. The number of halogens is 1. The Morgan fingerprint density at radius 2 is 1.53 bits per heavy atom. The predicted octanol–water partition coefficient (Wildman–Crippen LogP) is 3.40. The minimum Gasteiger partial charge on any atom is -0.478 e. The van der Waals surface area contributed by atoms with Crippen molar-refractivity contribution in [3.8, 4) is 11.1 Å². The third-order valence-corrected chi connectivity index (χ3v) is 2.90. The van der Waals surface area contributed by atoms with Gasteiger partial charge in [-0.3, -0.25) is 0 Å². The molecule has 0 radical (unpaired) electrons. The number of carboxylic acid groups (broad SMARTS) is 2. The van der Waals surface area contributed by atoms with E-state index in [4.69, 9.17) is 21.8 Å². The first-order valence-electron chi connectivity index (χ1n) is 5.35. The Labute approximate surface area is 113 Å². The van der Waals surface area contributed by atoms with Crippen LogP contribution in [0.1, 0.15) is 20.7 Å². The molecule has 0 aromatic heterocycles. The summed E-state index contributed by atoms with van der Waals surface area (Å²) in [7, 11) is 0. The molecular formula is C14H9ClO4. The van der Waals surface area contributed by atoms with Gasteiger partial charge >= 0.3 is 11.9 Å². The van der Waals surface area contributed by atoms with Crippen molar-refractivity contribution < 1.29 is 19.8 Å². The molecule has 0 heterocycles. The van der Waals surface area contributed by atoms with Gasteiger partial charge in [0.2, 0.25) is 0 Å². The SMILES string of the molecule is O=C(O)c1ccc(C(=O)O)c(-c2ccc(Cl)cc2)c1. The largest absolute Gasteiger partial charge is 0.478 e. The highest BCUT2D eigenvalue weighted by atomic mass is 35.5. The van der Waals surface area contributed by atoms with Crippen LogP contribution in [0.4, 0.5) is 0 Å². The number of benzene rings is 2. The van der Waals surface area contributed by atoms with Gasteiger partial charge in [0, 0.05) is 5.02 Å². The number of hydrogen-bond donors (Lipinski definition) is 2. The molecule has 2 rings (SSSR count). The standard InChI is InChI=1S/C14H9ClO4/c15-10-4-1-8(2-5-10)12-7-9(13(16)17)3-6-11(12)14(18)19/h1-7H,(H,16,17)(H,18,19). The monoisotopic (exact) mass is 276 g/mol. The lowest BCUT2D eigenvalue weighted by molar-refractivity contribution is 0.0682. The van der Waals surface area contributed by atoms with Gasteiger partial charge in [0.15, 0.2) is 0 Å². The average Bonchev–Trinajstić information content (AvgIpc) is 2.38. The van der Waals surface area contributed by atoms with E-state index in [1.165, 1.54) is 18.2 Å². The summed E-state index contributed by atoms with van der Waals surface area (Å²) in [5.41, 5.74) is 1.04. The zero-order valence-electron chi connectivity index (χ0n) is 9.63. The molecule has 2 aromatic rings. The van der Waals surface area contributed by atoms with Crippen LogP contribution in [0.3, 0.4) is 0 Å². The number of aromatic carboxylic acids is 2.